The third kappa shape index (κ3) is 5.74. The molecule has 2 N–H and O–H groups in total. The molecule has 1 aliphatic heterocycles. The number of fused-ring (bicyclic) bond motifs is 1. The average molecular weight is 480 g/mol. The van der Waals surface area contributed by atoms with Crippen LogP contribution in [0.5, 0.6) is 0 Å². The zero-order valence-corrected chi connectivity index (χ0v) is 20.8. The Hall–Kier alpha value is -2.97. The van der Waals surface area contributed by atoms with E-state index in [1.165, 1.54) is 11.3 Å². The van der Waals surface area contributed by atoms with Gasteiger partial charge in [-0.05, 0) is 74.9 Å². The summed E-state index contributed by atoms with van der Waals surface area (Å²) in [6.07, 6.45) is 2.87. The third-order valence-electron chi connectivity index (χ3n) is 6.50. The molecule has 0 saturated carbocycles. The molecule has 2 aromatic carbocycles. The van der Waals surface area contributed by atoms with Gasteiger partial charge in [0.15, 0.2) is 4.77 Å². The van der Waals surface area contributed by atoms with E-state index in [2.05, 4.69) is 46.2 Å². The Morgan fingerprint density at radius 2 is 1.82 bits per heavy atom. The Kier molecular flexibility index (Phi) is 7.80. The Labute approximate surface area is 205 Å². The van der Waals surface area contributed by atoms with E-state index in [1.54, 1.807) is 4.57 Å². The lowest BCUT2D eigenvalue weighted by Crippen LogP contribution is -2.44. The fourth-order valence-corrected chi connectivity index (χ4v) is 4.78. The molecule has 1 amide bonds. The van der Waals surface area contributed by atoms with Gasteiger partial charge in [-0.3, -0.25) is 14.2 Å². The summed E-state index contributed by atoms with van der Waals surface area (Å²) in [5.74, 6) is 0.0203. The predicted octanol–water partition coefficient (Wildman–Crippen LogP) is 4.32. The largest absolute Gasteiger partial charge is 0.369 e. The molecule has 2 heterocycles. The van der Waals surface area contributed by atoms with Crippen molar-refractivity contribution in [3.63, 3.8) is 0 Å². The number of unbranched alkanes of at least 4 members (excludes halogenated alkanes) is 2. The van der Waals surface area contributed by atoms with E-state index in [4.69, 9.17) is 12.2 Å². The Morgan fingerprint density at radius 1 is 1.06 bits per heavy atom. The number of likely N-dealkylation sites (N-methyl/N-ethyl adjacent to an activating group) is 1. The second-order valence-corrected chi connectivity index (χ2v) is 9.47. The second kappa shape index (κ2) is 11.0. The topological polar surface area (TPSA) is 73.4 Å². The van der Waals surface area contributed by atoms with Crippen molar-refractivity contribution in [1.82, 2.24) is 14.5 Å². The fraction of sp³-hybridized carbons (Fsp3) is 0.423. The molecule has 1 aromatic heterocycles. The average Bonchev–Trinajstić information content (AvgIpc) is 2.81. The molecule has 0 radical (unpaired) electrons. The van der Waals surface area contributed by atoms with Crippen LogP contribution in [0.4, 0.5) is 11.4 Å². The molecule has 1 aliphatic rings. The predicted molar refractivity (Wildman–Crippen MR) is 141 cm³/mol. The van der Waals surface area contributed by atoms with Crippen molar-refractivity contribution in [2.45, 2.75) is 39.2 Å². The quantitative estimate of drug-likeness (QED) is 0.372. The number of aromatic amines is 1. The molecule has 34 heavy (non-hydrogen) atoms. The van der Waals surface area contributed by atoms with Crippen LogP contribution in [-0.4, -0.2) is 53.6 Å². The fourth-order valence-electron chi connectivity index (χ4n) is 4.49. The molecular formula is C26H33N5O2S. The first-order valence-corrected chi connectivity index (χ1v) is 12.4. The number of piperazine rings is 1. The van der Waals surface area contributed by atoms with E-state index >= 15 is 0 Å². The molecule has 180 valence electrons. The van der Waals surface area contributed by atoms with Crippen LogP contribution in [0, 0.1) is 11.7 Å². The summed E-state index contributed by atoms with van der Waals surface area (Å²) in [6.45, 7) is 6.84. The van der Waals surface area contributed by atoms with Crippen molar-refractivity contribution in [2.75, 3.05) is 43.4 Å². The first kappa shape index (κ1) is 24.2. The molecule has 0 spiro atoms. The van der Waals surface area contributed by atoms with Crippen molar-refractivity contribution < 1.29 is 4.79 Å². The van der Waals surface area contributed by atoms with Gasteiger partial charge in [0.25, 0.3) is 5.56 Å². The monoisotopic (exact) mass is 479 g/mol. The SMILES string of the molecule is Cc1cc(NC(=O)CCCCCn2c(=S)[nH]c3ccccc3c2=O)ccc1N1CCN(C)CC1. The van der Waals surface area contributed by atoms with Crippen LogP contribution >= 0.6 is 12.2 Å². The van der Waals surface area contributed by atoms with E-state index in [1.807, 2.05) is 30.3 Å². The molecule has 1 fully saturated rings. The molecule has 8 heteroatoms. The number of anilines is 2. The van der Waals surface area contributed by atoms with Crippen LogP contribution in [0.1, 0.15) is 31.2 Å². The first-order valence-electron chi connectivity index (χ1n) is 12.0. The maximum absolute atomic E-state index is 12.7. The van der Waals surface area contributed by atoms with Crippen molar-refractivity contribution in [3.8, 4) is 0 Å². The molecule has 7 nitrogen and oxygen atoms in total. The first-order chi connectivity index (χ1) is 16.4. The van der Waals surface area contributed by atoms with Crippen molar-refractivity contribution in [2.24, 2.45) is 0 Å². The number of nitrogens with zero attached hydrogens (tertiary/aromatic N) is 3. The van der Waals surface area contributed by atoms with Gasteiger partial charge in [-0.25, -0.2) is 0 Å². The molecule has 0 unspecified atom stereocenters. The van der Waals surface area contributed by atoms with Crippen LogP contribution in [0.15, 0.2) is 47.3 Å². The second-order valence-electron chi connectivity index (χ2n) is 9.08. The van der Waals surface area contributed by atoms with Gasteiger partial charge in [-0.2, -0.15) is 0 Å². The summed E-state index contributed by atoms with van der Waals surface area (Å²) in [5.41, 5.74) is 3.96. The van der Waals surface area contributed by atoms with Crippen molar-refractivity contribution in [1.29, 1.82) is 0 Å². The highest BCUT2D eigenvalue weighted by Gasteiger charge is 2.16. The summed E-state index contributed by atoms with van der Waals surface area (Å²) in [6, 6.07) is 13.6. The summed E-state index contributed by atoms with van der Waals surface area (Å²) in [5, 5.41) is 3.67. The Bertz CT molecular complexity index is 1270. The number of carbonyl (C=O) groups excluding carboxylic acids is 1. The zero-order valence-electron chi connectivity index (χ0n) is 20.0. The van der Waals surface area contributed by atoms with Crippen molar-refractivity contribution in [3.05, 3.63) is 63.2 Å². The lowest BCUT2D eigenvalue weighted by molar-refractivity contribution is -0.116. The lowest BCUT2D eigenvalue weighted by atomic mass is 10.1. The number of carbonyl (C=O) groups is 1. The van der Waals surface area contributed by atoms with Gasteiger partial charge in [0, 0.05) is 50.5 Å². The number of aromatic nitrogens is 2. The smallest absolute Gasteiger partial charge is 0.262 e. The number of H-pyrrole nitrogens is 1. The minimum atomic E-state index is -0.0625. The molecule has 0 atom stereocenters. The molecule has 3 aromatic rings. The summed E-state index contributed by atoms with van der Waals surface area (Å²) in [7, 11) is 2.15. The van der Waals surface area contributed by atoms with E-state index < -0.39 is 0 Å². The number of hydrogen-bond donors (Lipinski definition) is 2. The lowest BCUT2D eigenvalue weighted by Gasteiger charge is -2.35. The number of para-hydroxylation sites is 1. The molecule has 1 saturated heterocycles. The minimum absolute atomic E-state index is 0.0203. The van der Waals surface area contributed by atoms with Crippen LogP contribution in [0.25, 0.3) is 10.9 Å². The van der Waals surface area contributed by atoms with Gasteiger partial charge in [0.05, 0.1) is 10.9 Å². The molecular weight excluding hydrogens is 446 g/mol. The van der Waals surface area contributed by atoms with Gasteiger partial charge in [-0.15, -0.1) is 0 Å². The third-order valence-corrected chi connectivity index (χ3v) is 6.82. The number of benzene rings is 2. The summed E-state index contributed by atoms with van der Waals surface area (Å²) in [4.78, 5) is 33.0. The van der Waals surface area contributed by atoms with Crippen molar-refractivity contribution >= 4 is 40.4 Å². The number of hydrogen-bond acceptors (Lipinski definition) is 5. The van der Waals surface area contributed by atoms with Crippen LogP contribution in [0.3, 0.4) is 0 Å². The standard InChI is InChI=1S/C26H33N5O2S/c1-19-18-20(11-12-23(19)30-16-14-29(2)15-17-30)27-24(32)10-4-3-7-13-31-25(33)21-8-5-6-9-22(21)28-26(31)34/h5-6,8-9,11-12,18H,3-4,7,10,13-17H2,1-2H3,(H,27,32)(H,28,34). The number of aryl methyl sites for hydroxylation is 1. The molecule has 0 bridgehead atoms. The van der Waals surface area contributed by atoms with Gasteiger partial charge >= 0.3 is 0 Å². The molecule has 4 rings (SSSR count). The Balaban J connectivity index is 1.24. The highest BCUT2D eigenvalue weighted by atomic mass is 32.1. The van der Waals surface area contributed by atoms with E-state index in [0.717, 1.165) is 56.6 Å². The zero-order chi connectivity index (χ0) is 24.1. The highest BCUT2D eigenvalue weighted by molar-refractivity contribution is 7.71. The van der Waals surface area contributed by atoms with Crippen LogP contribution < -0.4 is 15.8 Å². The van der Waals surface area contributed by atoms with Crippen LogP contribution in [0.2, 0.25) is 0 Å². The van der Waals surface area contributed by atoms with Gasteiger partial charge in [0.2, 0.25) is 5.91 Å². The number of amides is 1. The Morgan fingerprint density at radius 3 is 2.59 bits per heavy atom. The van der Waals surface area contributed by atoms with Gasteiger partial charge < -0.3 is 20.1 Å². The minimum Gasteiger partial charge on any atom is -0.369 e. The van der Waals surface area contributed by atoms with E-state index in [-0.39, 0.29) is 11.5 Å². The summed E-state index contributed by atoms with van der Waals surface area (Å²) >= 11 is 5.36. The van der Waals surface area contributed by atoms with Gasteiger partial charge in [0.1, 0.15) is 0 Å². The van der Waals surface area contributed by atoms with E-state index in [0.29, 0.717) is 23.1 Å². The van der Waals surface area contributed by atoms with Crippen LogP contribution in [-0.2, 0) is 11.3 Å². The van der Waals surface area contributed by atoms with Gasteiger partial charge in [-0.1, -0.05) is 18.6 Å². The van der Waals surface area contributed by atoms with E-state index in [9.17, 15) is 9.59 Å². The normalized spacial score (nSPS) is 14.5. The molecule has 0 aliphatic carbocycles. The summed E-state index contributed by atoms with van der Waals surface area (Å²) < 4.78 is 2.06. The maximum Gasteiger partial charge on any atom is 0.262 e. The maximum atomic E-state index is 12.7. The highest BCUT2D eigenvalue weighted by Crippen LogP contribution is 2.25. The number of nitrogens with one attached hydrogen (secondary N) is 2. The number of rotatable bonds is 8.